The van der Waals surface area contributed by atoms with Crippen LogP contribution in [0, 0.1) is 0 Å². The van der Waals surface area contributed by atoms with Crippen LogP contribution in [0.25, 0.3) is 10.2 Å². The van der Waals surface area contributed by atoms with E-state index in [-0.39, 0.29) is 5.56 Å². The van der Waals surface area contributed by atoms with Gasteiger partial charge in [-0.15, -0.1) is 11.3 Å². The molecule has 0 aliphatic heterocycles. The van der Waals surface area contributed by atoms with Crippen molar-refractivity contribution < 1.29 is 4.74 Å². The average molecular weight is 238 g/mol. The first-order valence-corrected chi connectivity index (χ1v) is 6.21. The zero-order valence-corrected chi connectivity index (χ0v) is 10.00. The summed E-state index contributed by atoms with van der Waals surface area (Å²) in [7, 11) is 0. The molecule has 2 heterocycles. The predicted octanol–water partition coefficient (Wildman–Crippen LogP) is 1.88. The predicted molar refractivity (Wildman–Crippen MR) is 65.0 cm³/mol. The van der Waals surface area contributed by atoms with Gasteiger partial charge in [0.15, 0.2) is 0 Å². The van der Waals surface area contributed by atoms with Crippen LogP contribution in [0.4, 0.5) is 0 Å². The van der Waals surface area contributed by atoms with E-state index in [4.69, 9.17) is 4.74 Å². The first-order chi connectivity index (χ1) is 7.83. The second kappa shape index (κ2) is 5.23. The van der Waals surface area contributed by atoms with E-state index < -0.39 is 0 Å². The van der Waals surface area contributed by atoms with E-state index in [1.54, 1.807) is 10.9 Å². The Morgan fingerprint density at radius 3 is 3.25 bits per heavy atom. The van der Waals surface area contributed by atoms with Crippen LogP contribution in [0.15, 0.2) is 22.6 Å². The smallest absolute Gasteiger partial charge is 0.271 e. The lowest BCUT2D eigenvalue weighted by Crippen LogP contribution is -2.20. The van der Waals surface area contributed by atoms with Crippen LogP contribution in [0.5, 0.6) is 0 Å². The molecule has 0 saturated carbocycles. The van der Waals surface area contributed by atoms with E-state index in [1.165, 1.54) is 11.3 Å². The summed E-state index contributed by atoms with van der Waals surface area (Å²) in [5.41, 5.74) is 0.840. The molecule has 0 unspecified atom stereocenters. The minimum atomic E-state index is 0.0523. The maximum atomic E-state index is 11.9. The van der Waals surface area contributed by atoms with Crippen LogP contribution in [0.3, 0.4) is 0 Å². The second-order valence-corrected chi connectivity index (χ2v) is 4.34. The molecule has 0 aromatic carbocycles. The number of nitrogens with zero attached hydrogens (tertiary/aromatic N) is 2. The summed E-state index contributed by atoms with van der Waals surface area (Å²) in [5, 5.41) is 1.89. The molecule has 2 aromatic rings. The molecule has 2 aromatic heterocycles. The minimum absolute atomic E-state index is 0.0523. The van der Waals surface area contributed by atoms with Crippen molar-refractivity contribution in [2.75, 3.05) is 13.2 Å². The van der Waals surface area contributed by atoms with E-state index in [2.05, 4.69) is 4.98 Å². The number of thiophene rings is 1. The molecule has 0 atom stereocenters. The Morgan fingerprint density at radius 1 is 1.56 bits per heavy atom. The van der Waals surface area contributed by atoms with Gasteiger partial charge in [0.25, 0.3) is 5.56 Å². The highest BCUT2D eigenvalue weighted by Gasteiger charge is 2.04. The standard InChI is InChI=1S/C11H14N2O2S/c1-2-15-6-3-5-13-8-12-9-4-7-16-10(9)11(13)14/h4,7-8H,2-3,5-6H2,1H3. The number of fused-ring (bicyclic) bond motifs is 1. The molecule has 86 valence electrons. The lowest BCUT2D eigenvalue weighted by atomic mass is 10.4. The van der Waals surface area contributed by atoms with E-state index >= 15 is 0 Å². The van der Waals surface area contributed by atoms with Gasteiger partial charge in [-0.25, -0.2) is 4.98 Å². The highest BCUT2D eigenvalue weighted by atomic mass is 32.1. The van der Waals surface area contributed by atoms with Gasteiger partial charge in [0.1, 0.15) is 4.70 Å². The monoisotopic (exact) mass is 238 g/mol. The van der Waals surface area contributed by atoms with Crippen LogP contribution in [-0.4, -0.2) is 22.8 Å². The van der Waals surface area contributed by atoms with Crippen LogP contribution in [-0.2, 0) is 11.3 Å². The van der Waals surface area contributed by atoms with Crippen LogP contribution >= 0.6 is 11.3 Å². The summed E-state index contributed by atoms with van der Waals surface area (Å²) in [6.07, 6.45) is 2.45. The molecule has 0 amide bonds. The Bertz CT molecular complexity index is 518. The fraction of sp³-hybridized carbons (Fsp3) is 0.455. The Morgan fingerprint density at radius 2 is 2.44 bits per heavy atom. The molecule has 5 heteroatoms. The molecule has 4 nitrogen and oxygen atoms in total. The van der Waals surface area contributed by atoms with E-state index in [9.17, 15) is 4.79 Å². The van der Waals surface area contributed by atoms with Gasteiger partial charge in [0.2, 0.25) is 0 Å². The number of hydrogen-bond acceptors (Lipinski definition) is 4. The fourth-order valence-electron chi connectivity index (χ4n) is 1.52. The summed E-state index contributed by atoms with van der Waals surface area (Å²) in [6.45, 7) is 4.04. The molecule has 0 bridgehead atoms. The Balaban J connectivity index is 2.12. The first-order valence-electron chi connectivity index (χ1n) is 5.33. The summed E-state index contributed by atoms with van der Waals surface area (Å²) >= 11 is 1.44. The topological polar surface area (TPSA) is 44.1 Å². The lowest BCUT2D eigenvalue weighted by molar-refractivity contribution is 0.141. The first kappa shape index (κ1) is 11.3. The molecule has 0 N–H and O–H groups in total. The maximum Gasteiger partial charge on any atom is 0.271 e. The third kappa shape index (κ3) is 2.31. The number of hydrogen-bond donors (Lipinski definition) is 0. The normalized spacial score (nSPS) is 11.1. The molecule has 0 aliphatic carbocycles. The third-order valence-electron chi connectivity index (χ3n) is 2.33. The zero-order chi connectivity index (χ0) is 11.4. The quantitative estimate of drug-likeness (QED) is 0.747. The van der Waals surface area contributed by atoms with Crippen molar-refractivity contribution in [2.24, 2.45) is 0 Å². The Labute approximate surface area is 97.5 Å². The Kier molecular flexibility index (Phi) is 3.69. The van der Waals surface area contributed by atoms with Gasteiger partial charge in [-0.3, -0.25) is 9.36 Å². The summed E-state index contributed by atoms with van der Waals surface area (Å²) in [4.78, 5) is 16.2. The van der Waals surface area contributed by atoms with Gasteiger partial charge < -0.3 is 4.74 Å². The molecule has 0 saturated heterocycles. The number of aryl methyl sites for hydroxylation is 1. The van der Waals surface area contributed by atoms with Crippen LogP contribution < -0.4 is 5.56 Å². The van der Waals surface area contributed by atoms with Gasteiger partial charge in [-0.05, 0) is 24.8 Å². The van der Waals surface area contributed by atoms with E-state index in [1.807, 2.05) is 18.4 Å². The Hall–Kier alpha value is -1.20. The number of ether oxygens (including phenoxy) is 1. The van der Waals surface area contributed by atoms with Gasteiger partial charge in [-0.1, -0.05) is 0 Å². The summed E-state index contributed by atoms with van der Waals surface area (Å²) < 4.78 is 7.62. The molecule has 0 aliphatic rings. The van der Waals surface area contributed by atoms with Gasteiger partial charge >= 0.3 is 0 Å². The summed E-state index contributed by atoms with van der Waals surface area (Å²) in [5.74, 6) is 0. The molecule has 16 heavy (non-hydrogen) atoms. The number of rotatable bonds is 5. The van der Waals surface area contributed by atoms with Crippen LogP contribution in [0.1, 0.15) is 13.3 Å². The highest BCUT2D eigenvalue weighted by Crippen LogP contribution is 2.13. The fourth-order valence-corrected chi connectivity index (χ4v) is 2.31. The average Bonchev–Trinajstić information content (AvgIpc) is 2.76. The van der Waals surface area contributed by atoms with Crippen molar-refractivity contribution in [3.63, 3.8) is 0 Å². The lowest BCUT2D eigenvalue weighted by Gasteiger charge is -2.04. The number of aromatic nitrogens is 2. The van der Waals surface area contributed by atoms with Crippen molar-refractivity contribution in [3.8, 4) is 0 Å². The third-order valence-corrected chi connectivity index (χ3v) is 3.22. The molecule has 0 radical (unpaired) electrons. The van der Waals surface area contributed by atoms with E-state index in [0.29, 0.717) is 13.2 Å². The molecule has 0 spiro atoms. The SMILES string of the molecule is CCOCCCn1cnc2ccsc2c1=O. The van der Waals surface area contributed by atoms with Crippen molar-refractivity contribution in [1.29, 1.82) is 0 Å². The van der Waals surface area contributed by atoms with Crippen LogP contribution in [0.2, 0.25) is 0 Å². The molecule has 2 rings (SSSR count). The van der Waals surface area contributed by atoms with Gasteiger partial charge in [-0.2, -0.15) is 0 Å². The summed E-state index contributed by atoms with van der Waals surface area (Å²) in [6, 6.07) is 1.87. The van der Waals surface area contributed by atoms with Crippen molar-refractivity contribution in [3.05, 3.63) is 28.1 Å². The van der Waals surface area contributed by atoms with Crippen molar-refractivity contribution in [1.82, 2.24) is 9.55 Å². The molecule has 0 fully saturated rings. The highest BCUT2D eigenvalue weighted by molar-refractivity contribution is 7.17. The van der Waals surface area contributed by atoms with Gasteiger partial charge in [0, 0.05) is 19.8 Å². The zero-order valence-electron chi connectivity index (χ0n) is 9.18. The molecular weight excluding hydrogens is 224 g/mol. The van der Waals surface area contributed by atoms with Crippen molar-refractivity contribution in [2.45, 2.75) is 19.9 Å². The maximum absolute atomic E-state index is 11.9. The second-order valence-electron chi connectivity index (χ2n) is 3.43. The molecular formula is C11H14N2O2S. The van der Waals surface area contributed by atoms with Gasteiger partial charge in [0.05, 0.1) is 11.8 Å². The van der Waals surface area contributed by atoms with Crippen molar-refractivity contribution >= 4 is 21.6 Å². The minimum Gasteiger partial charge on any atom is -0.382 e. The largest absolute Gasteiger partial charge is 0.382 e. The van der Waals surface area contributed by atoms with E-state index in [0.717, 1.165) is 23.2 Å².